The van der Waals surface area contributed by atoms with Gasteiger partial charge in [-0.2, -0.15) is 0 Å². The number of anilines is 1. The van der Waals surface area contributed by atoms with Crippen molar-refractivity contribution in [1.29, 1.82) is 0 Å². The molecule has 3 N–H and O–H groups in total. The van der Waals surface area contributed by atoms with Crippen molar-refractivity contribution < 1.29 is 0 Å². The topological polar surface area (TPSA) is 69.8 Å². The van der Waals surface area contributed by atoms with Gasteiger partial charge in [0.2, 0.25) is 5.95 Å². The summed E-state index contributed by atoms with van der Waals surface area (Å²) in [5.41, 5.74) is 1.70. The van der Waals surface area contributed by atoms with Gasteiger partial charge >= 0.3 is 0 Å². The third-order valence-corrected chi connectivity index (χ3v) is 4.36. The van der Waals surface area contributed by atoms with Crippen molar-refractivity contribution in [3.8, 4) is 0 Å². The number of nitrogens with zero attached hydrogens (tertiary/aromatic N) is 1. The molecule has 3 aromatic rings. The molecule has 7 heteroatoms. The molecule has 0 atom stereocenters. The summed E-state index contributed by atoms with van der Waals surface area (Å²) in [4.78, 5) is 19.2. The molecule has 0 aliphatic carbocycles. The number of benzene rings is 2. The molecular formula is C18H18BrClN4O. The average Bonchev–Trinajstić information content (AvgIpc) is 2.57. The van der Waals surface area contributed by atoms with Gasteiger partial charge < -0.3 is 10.6 Å². The highest BCUT2D eigenvalue weighted by Crippen LogP contribution is 2.19. The highest BCUT2D eigenvalue weighted by molar-refractivity contribution is 9.10. The van der Waals surface area contributed by atoms with Crippen LogP contribution >= 0.6 is 27.5 Å². The zero-order valence-corrected chi connectivity index (χ0v) is 15.8. The Morgan fingerprint density at radius 1 is 1.16 bits per heavy atom. The van der Waals surface area contributed by atoms with E-state index in [4.69, 9.17) is 11.6 Å². The maximum atomic E-state index is 12.0. The standard InChI is InChI=1S/C18H18BrClN4O/c19-13-8-12(9-14(20)10-13)11-21-6-3-7-22-18-23-16-5-2-1-4-15(16)17(25)24-18/h1-2,4-5,8-10,21H,3,6-7,11H2,(H2,22,23,24,25). The number of aromatic nitrogens is 2. The lowest BCUT2D eigenvalue weighted by atomic mass is 10.2. The molecule has 130 valence electrons. The average molecular weight is 422 g/mol. The SMILES string of the molecule is O=c1[nH]c(NCCCNCc2cc(Cl)cc(Br)c2)nc2ccccc12. The molecule has 5 nitrogen and oxygen atoms in total. The van der Waals surface area contributed by atoms with E-state index in [-0.39, 0.29) is 5.56 Å². The van der Waals surface area contributed by atoms with Gasteiger partial charge in [0, 0.05) is 22.6 Å². The number of hydrogen-bond donors (Lipinski definition) is 3. The van der Waals surface area contributed by atoms with Crippen LogP contribution < -0.4 is 16.2 Å². The zero-order valence-electron chi connectivity index (χ0n) is 13.5. The first-order chi connectivity index (χ1) is 12.1. The lowest BCUT2D eigenvalue weighted by molar-refractivity contribution is 0.662. The first-order valence-electron chi connectivity index (χ1n) is 8.00. The van der Waals surface area contributed by atoms with Crippen LogP contribution in [0.5, 0.6) is 0 Å². The molecule has 2 aromatic carbocycles. The van der Waals surface area contributed by atoms with E-state index in [0.29, 0.717) is 23.4 Å². The number of fused-ring (bicyclic) bond motifs is 1. The zero-order chi connectivity index (χ0) is 17.6. The molecule has 3 rings (SSSR count). The van der Waals surface area contributed by atoms with Crippen molar-refractivity contribution in [3.63, 3.8) is 0 Å². The highest BCUT2D eigenvalue weighted by atomic mass is 79.9. The van der Waals surface area contributed by atoms with Crippen LogP contribution in [-0.2, 0) is 6.54 Å². The molecule has 0 fully saturated rings. The lowest BCUT2D eigenvalue weighted by Gasteiger charge is -2.08. The van der Waals surface area contributed by atoms with Crippen LogP contribution in [0.3, 0.4) is 0 Å². The van der Waals surface area contributed by atoms with E-state index < -0.39 is 0 Å². The van der Waals surface area contributed by atoms with Gasteiger partial charge in [-0.15, -0.1) is 0 Å². The van der Waals surface area contributed by atoms with E-state index >= 15 is 0 Å². The Hall–Kier alpha value is -1.89. The van der Waals surface area contributed by atoms with Crippen LogP contribution in [-0.4, -0.2) is 23.1 Å². The second-order valence-corrected chi connectivity index (χ2v) is 7.02. The Bertz CT molecular complexity index is 908. The summed E-state index contributed by atoms with van der Waals surface area (Å²) < 4.78 is 0.977. The third-order valence-electron chi connectivity index (χ3n) is 3.69. The van der Waals surface area contributed by atoms with E-state index in [9.17, 15) is 4.79 Å². The number of aromatic amines is 1. The fraction of sp³-hybridized carbons (Fsp3) is 0.222. The van der Waals surface area contributed by atoms with Gasteiger partial charge in [-0.3, -0.25) is 9.78 Å². The van der Waals surface area contributed by atoms with Gasteiger partial charge in [-0.25, -0.2) is 4.98 Å². The van der Waals surface area contributed by atoms with Gasteiger partial charge in [0.15, 0.2) is 0 Å². The molecule has 0 amide bonds. The number of halogens is 2. The molecule has 0 spiro atoms. The minimum Gasteiger partial charge on any atom is -0.356 e. The molecule has 0 saturated carbocycles. The molecule has 1 aromatic heterocycles. The summed E-state index contributed by atoms with van der Waals surface area (Å²) in [6.07, 6.45) is 0.901. The number of hydrogen-bond acceptors (Lipinski definition) is 4. The van der Waals surface area contributed by atoms with Crippen molar-refractivity contribution in [2.45, 2.75) is 13.0 Å². The fourth-order valence-electron chi connectivity index (χ4n) is 2.54. The van der Waals surface area contributed by atoms with Crippen molar-refractivity contribution >= 4 is 44.4 Å². The molecule has 0 bridgehead atoms. The Morgan fingerprint density at radius 2 is 2.00 bits per heavy atom. The van der Waals surface area contributed by atoms with Gasteiger partial charge in [-0.05, 0) is 48.9 Å². The Labute approximate surface area is 159 Å². The molecule has 0 aliphatic rings. The number of rotatable bonds is 7. The second kappa shape index (κ2) is 8.47. The summed E-state index contributed by atoms with van der Waals surface area (Å²) in [5.74, 6) is 0.502. The molecule has 25 heavy (non-hydrogen) atoms. The highest BCUT2D eigenvalue weighted by Gasteiger charge is 2.02. The number of nitrogens with one attached hydrogen (secondary N) is 3. The van der Waals surface area contributed by atoms with Gasteiger partial charge in [0.25, 0.3) is 5.56 Å². The number of H-pyrrole nitrogens is 1. The van der Waals surface area contributed by atoms with Crippen molar-refractivity contribution in [2.75, 3.05) is 18.4 Å². The van der Waals surface area contributed by atoms with Gasteiger partial charge in [-0.1, -0.05) is 39.7 Å². The van der Waals surface area contributed by atoms with Crippen molar-refractivity contribution in [1.82, 2.24) is 15.3 Å². The van der Waals surface area contributed by atoms with E-state index in [2.05, 4.69) is 36.5 Å². The quantitative estimate of drug-likeness (QED) is 0.506. The van der Waals surface area contributed by atoms with Crippen LogP contribution in [0.4, 0.5) is 5.95 Å². The predicted molar refractivity (Wildman–Crippen MR) is 106 cm³/mol. The molecule has 0 aliphatic heterocycles. The minimum absolute atomic E-state index is 0.127. The Kier molecular flexibility index (Phi) is 6.07. The lowest BCUT2D eigenvalue weighted by Crippen LogP contribution is -2.19. The van der Waals surface area contributed by atoms with E-state index in [1.54, 1.807) is 6.07 Å². The molecule has 0 radical (unpaired) electrons. The first kappa shape index (κ1) is 17.9. The number of para-hydroxylation sites is 1. The van der Waals surface area contributed by atoms with E-state index in [1.165, 1.54) is 0 Å². The first-order valence-corrected chi connectivity index (χ1v) is 9.17. The summed E-state index contributed by atoms with van der Waals surface area (Å²) in [6, 6.07) is 13.2. The van der Waals surface area contributed by atoms with E-state index in [0.717, 1.165) is 34.6 Å². The van der Waals surface area contributed by atoms with E-state index in [1.807, 2.05) is 36.4 Å². The van der Waals surface area contributed by atoms with Gasteiger partial charge in [0.1, 0.15) is 0 Å². The summed E-state index contributed by atoms with van der Waals surface area (Å²) in [5, 5.41) is 7.85. The van der Waals surface area contributed by atoms with Crippen LogP contribution in [0, 0.1) is 0 Å². The molecule has 0 saturated heterocycles. The van der Waals surface area contributed by atoms with Gasteiger partial charge in [0.05, 0.1) is 10.9 Å². The largest absolute Gasteiger partial charge is 0.356 e. The second-order valence-electron chi connectivity index (χ2n) is 5.67. The summed E-state index contributed by atoms with van der Waals surface area (Å²) >= 11 is 9.47. The predicted octanol–water partition coefficient (Wildman–Crippen LogP) is 3.93. The molecule has 0 unspecified atom stereocenters. The smallest absolute Gasteiger partial charge is 0.260 e. The van der Waals surface area contributed by atoms with Crippen molar-refractivity contribution in [3.05, 3.63) is 67.9 Å². The molecule has 1 heterocycles. The van der Waals surface area contributed by atoms with Crippen LogP contribution in [0.1, 0.15) is 12.0 Å². The summed E-state index contributed by atoms with van der Waals surface area (Å²) in [7, 11) is 0. The third kappa shape index (κ3) is 5.04. The fourth-order valence-corrected chi connectivity index (χ4v) is 3.47. The maximum absolute atomic E-state index is 12.0. The monoisotopic (exact) mass is 420 g/mol. The molecular weight excluding hydrogens is 404 g/mol. The Balaban J connectivity index is 1.45. The Morgan fingerprint density at radius 3 is 2.84 bits per heavy atom. The normalized spacial score (nSPS) is 11.0. The minimum atomic E-state index is -0.127. The van der Waals surface area contributed by atoms with Crippen LogP contribution in [0.15, 0.2) is 51.7 Å². The summed E-state index contributed by atoms with van der Waals surface area (Å²) in [6.45, 7) is 2.31. The van der Waals surface area contributed by atoms with Crippen molar-refractivity contribution in [2.24, 2.45) is 0 Å². The van der Waals surface area contributed by atoms with Crippen LogP contribution in [0.25, 0.3) is 10.9 Å². The maximum Gasteiger partial charge on any atom is 0.260 e. The van der Waals surface area contributed by atoms with Crippen LogP contribution in [0.2, 0.25) is 5.02 Å².